The molecule has 0 saturated carbocycles. The maximum atomic E-state index is 13.1. The van der Waals surface area contributed by atoms with Crippen LogP contribution in [0.15, 0.2) is 74.7 Å². The number of hydrogen-bond donors (Lipinski definition) is 0. The average Bonchev–Trinajstić information content (AvgIpc) is 3.26. The number of aromatic nitrogens is 4. The molecule has 10 nitrogen and oxygen atoms in total. The van der Waals surface area contributed by atoms with Gasteiger partial charge >= 0.3 is 11.2 Å². The van der Waals surface area contributed by atoms with Gasteiger partial charge in [0.25, 0.3) is 0 Å². The fourth-order valence-corrected chi connectivity index (χ4v) is 3.01. The van der Waals surface area contributed by atoms with Crippen LogP contribution in [0.4, 0.5) is 0 Å². The van der Waals surface area contributed by atoms with E-state index in [0.29, 0.717) is 11.3 Å². The lowest BCUT2D eigenvalue weighted by Gasteiger charge is -2.04. The summed E-state index contributed by atoms with van der Waals surface area (Å²) in [6.07, 6.45) is 4.38. The Morgan fingerprint density at radius 1 is 0.844 bits per heavy atom. The second kappa shape index (κ2) is 8.72. The van der Waals surface area contributed by atoms with Gasteiger partial charge in [-0.1, -0.05) is 0 Å². The predicted molar refractivity (Wildman–Crippen MR) is 121 cm³/mol. The number of rotatable bonds is 6. The molecule has 2 aromatic heterocycles. The van der Waals surface area contributed by atoms with Crippen molar-refractivity contribution in [2.45, 2.75) is 0 Å². The standard InChI is InChI=1S/C22H20N6O4/c1-26-20-19(27(14-23-20)24-12-15-4-8-17(31-2)9-5-15)21(29)28(22(26)30)25-13-16-6-10-18(32-3)11-7-16/h4-14H,1-3H3. The van der Waals surface area contributed by atoms with Crippen LogP contribution in [0.25, 0.3) is 11.2 Å². The van der Waals surface area contributed by atoms with Gasteiger partial charge in [0.1, 0.15) is 17.8 Å². The molecular formula is C22H20N6O4. The van der Waals surface area contributed by atoms with Crippen molar-refractivity contribution in [3.05, 3.63) is 86.8 Å². The van der Waals surface area contributed by atoms with E-state index in [4.69, 9.17) is 9.47 Å². The molecule has 2 aromatic carbocycles. The molecule has 0 aliphatic heterocycles. The molecule has 0 unspecified atom stereocenters. The fraction of sp³-hybridized carbons (Fsp3) is 0.136. The van der Waals surface area contributed by atoms with E-state index < -0.39 is 11.2 Å². The third kappa shape index (κ3) is 3.93. The number of hydrogen-bond acceptors (Lipinski definition) is 7. The Hall–Kier alpha value is -4.47. The summed E-state index contributed by atoms with van der Waals surface area (Å²) in [6.45, 7) is 0. The van der Waals surface area contributed by atoms with Crippen molar-refractivity contribution in [1.29, 1.82) is 0 Å². The summed E-state index contributed by atoms with van der Waals surface area (Å²) in [5.41, 5.74) is 0.599. The quantitative estimate of drug-likeness (QED) is 0.431. The van der Waals surface area contributed by atoms with Crippen LogP contribution in [-0.2, 0) is 7.05 Å². The van der Waals surface area contributed by atoms with Crippen LogP contribution in [0.2, 0.25) is 0 Å². The number of nitrogens with zero attached hydrogens (tertiary/aromatic N) is 6. The fourth-order valence-electron chi connectivity index (χ4n) is 3.01. The topological polar surface area (TPSA) is 105 Å². The van der Waals surface area contributed by atoms with Crippen molar-refractivity contribution in [3.63, 3.8) is 0 Å². The molecule has 2 heterocycles. The van der Waals surface area contributed by atoms with Gasteiger partial charge in [0.15, 0.2) is 11.2 Å². The van der Waals surface area contributed by atoms with Crippen LogP contribution < -0.4 is 20.7 Å². The minimum atomic E-state index is -0.628. The molecule has 4 aromatic rings. The zero-order valence-electron chi connectivity index (χ0n) is 17.7. The molecule has 0 bridgehead atoms. The van der Waals surface area contributed by atoms with Crippen molar-refractivity contribution in [2.75, 3.05) is 14.2 Å². The Morgan fingerprint density at radius 2 is 1.38 bits per heavy atom. The van der Waals surface area contributed by atoms with E-state index >= 15 is 0 Å². The summed E-state index contributed by atoms with van der Waals surface area (Å²) in [7, 11) is 4.68. The van der Waals surface area contributed by atoms with Gasteiger partial charge in [-0.3, -0.25) is 9.36 Å². The van der Waals surface area contributed by atoms with E-state index in [1.54, 1.807) is 56.8 Å². The average molecular weight is 432 g/mol. The van der Waals surface area contributed by atoms with E-state index in [1.807, 2.05) is 12.1 Å². The summed E-state index contributed by atoms with van der Waals surface area (Å²) in [4.78, 5) is 29.9. The molecule has 0 aliphatic rings. The normalized spacial score (nSPS) is 11.6. The lowest BCUT2D eigenvalue weighted by atomic mass is 10.2. The molecule has 10 heteroatoms. The van der Waals surface area contributed by atoms with Crippen molar-refractivity contribution in [2.24, 2.45) is 17.3 Å². The number of methoxy groups -OCH3 is 2. The molecule has 0 saturated heterocycles. The minimum Gasteiger partial charge on any atom is -0.497 e. The van der Waals surface area contributed by atoms with E-state index in [1.165, 1.54) is 28.8 Å². The molecule has 4 rings (SSSR count). The first kappa shape index (κ1) is 20.8. The van der Waals surface area contributed by atoms with Gasteiger partial charge in [0, 0.05) is 7.05 Å². The van der Waals surface area contributed by atoms with Crippen LogP contribution in [0.5, 0.6) is 11.5 Å². The lowest BCUT2D eigenvalue weighted by molar-refractivity contribution is 0.414. The SMILES string of the molecule is COc1ccc(C=Nn2c(=O)c3c(ncn3N=Cc3ccc(OC)cc3)n(C)c2=O)cc1. The van der Waals surface area contributed by atoms with Crippen LogP contribution in [0, 0.1) is 0 Å². The molecule has 0 spiro atoms. The van der Waals surface area contributed by atoms with Gasteiger partial charge in [-0.25, -0.2) is 14.5 Å². The van der Waals surface area contributed by atoms with Crippen LogP contribution in [-0.4, -0.2) is 45.6 Å². The van der Waals surface area contributed by atoms with E-state index in [0.717, 1.165) is 16.0 Å². The van der Waals surface area contributed by atoms with E-state index in [2.05, 4.69) is 15.2 Å². The predicted octanol–water partition coefficient (Wildman–Crippen LogP) is 1.68. The van der Waals surface area contributed by atoms with Gasteiger partial charge in [0.2, 0.25) is 0 Å². The maximum Gasteiger partial charge on any atom is 0.353 e. The first-order valence-electron chi connectivity index (χ1n) is 9.57. The van der Waals surface area contributed by atoms with Crippen LogP contribution >= 0.6 is 0 Å². The van der Waals surface area contributed by atoms with E-state index in [-0.39, 0.29) is 11.2 Å². The molecule has 32 heavy (non-hydrogen) atoms. The number of benzene rings is 2. The largest absolute Gasteiger partial charge is 0.497 e. The summed E-state index contributed by atoms with van der Waals surface area (Å²) < 4.78 is 13.6. The smallest absolute Gasteiger partial charge is 0.353 e. The number of imidazole rings is 1. The summed E-state index contributed by atoms with van der Waals surface area (Å²) in [5.74, 6) is 1.41. The second-order valence-corrected chi connectivity index (χ2v) is 6.76. The molecule has 0 radical (unpaired) electrons. The maximum absolute atomic E-state index is 13.1. The molecule has 0 aliphatic carbocycles. The summed E-state index contributed by atoms with van der Waals surface area (Å²) in [5, 5.41) is 8.42. The molecule has 162 valence electrons. The summed E-state index contributed by atoms with van der Waals surface area (Å²) in [6, 6.07) is 14.3. The Morgan fingerprint density at radius 3 is 1.91 bits per heavy atom. The molecular weight excluding hydrogens is 412 g/mol. The Labute approximate surface area is 182 Å². The van der Waals surface area contributed by atoms with Gasteiger partial charge in [-0.15, -0.1) is 4.68 Å². The van der Waals surface area contributed by atoms with Crippen LogP contribution in [0.1, 0.15) is 11.1 Å². The van der Waals surface area contributed by atoms with Gasteiger partial charge in [0.05, 0.1) is 26.6 Å². The highest BCUT2D eigenvalue weighted by molar-refractivity contribution is 5.81. The third-order valence-corrected chi connectivity index (χ3v) is 4.80. The third-order valence-electron chi connectivity index (χ3n) is 4.80. The van der Waals surface area contributed by atoms with Crippen molar-refractivity contribution >= 4 is 23.6 Å². The van der Waals surface area contributed by atoms with Crippen molar-refractivity contribution in [1.82, 2.24) is 18.9 Å². The number of fused-ring (bicyclic) bond motifs is 1. The second-order valence-electron chi connectivity index (χ2n) is 6.76. The van der Waals surface area contributed by atoms with Crippen molar-refractivity contribution < 1.29 is 9.47 Å². The Balaban J connectivity index is 1.74. The minimum absolute atomic E-state index is 0.128. The number of ether oxygens (including phenoxy) is 2. The molecule has 0 atom stereocenters. The van der Waals surface area contributed by atoms with E-state index in [9.17, 15) is 9.59 Å². The first-order chi connectivity index (χ1) is 15.5. The molecule has 0 N–H and O–H groups in total. The van der Waals surface area contributed by atoms with Gasteiger partial charge in [-0.2, -0.15) is 10.2 Å². The van der Waals surface area contributed by atoms with Crippen molar-refractivity contribution in [3.8, 4) is 11.5 Å². The Bertz CT molecular complexity index is 1430. The Kier molecular flexibility index (Phi) is 5.67. The highest BCUT2D eigenvalue weighted by Crippen LogP contribution is 2.11. The number of aryl methyl sites for hydroxylation is 1. The highest BCUT2D eigenvalue weighted by Gasteiger charge is 2.15. The van der Waals surface area contributed by atoms with Gasteiger partial charge < -0.3 is 9.47 Å². The monoisotopic (exact) mass is 432 g/mol. The molecule has 0 amide bonds. The zero-order valence-corrected chi connectivity index (χ0v) is 17.7. The lowest BCUT2D eigenvalue weighted by Crippen LogP contribution is -2.37. The summed E-state index contributed by atoms with van der Waals surface area (Å²) >= 11 is 0. The highest BCUT2D eigenvalue weighted by atomic mass is 16.5. The van der Waals surface area contributed by atoms with Crippen LogP contribution in [0.3, 0.4) is 0 Å². The van der Waals surface area contributed by atoms with Gasteiger partial charge in [-0.05, 0) is 59.7 Å². The zero-order chi connectivity index (χ0) is 22.7. The first-order valence-corrected chi connectivity index (χ1v) is 9.57. The molecule has 0 fully saturated rings.